The van der Waals surface area contributed by atoms with E-state index in [0.717, 1.165) is 24.8 Å². The van der Waals surface area contributed by atoms with Crippen molar-refractivity contribution in [3.63, 3.8) is 0 Å². The molecule has 0 aromatic heterocycles. The van der Waals surface area contributed by atoms with E-state index < -0.39 is 25.3 Å². The van der Waals surface area contributed by atoms with E-state index in [-0.39, 0.29) is 7.43 Å². The zero-order valence-corrected chi connectivity index (χ0v) is 21.9. The Morgan fingerprint density at radius 3 is 2.34 bits per heavy atom. The van der Waals surface area contributed by atoms with Gasteiger partial charge in [-0.05, 0) is 40.9 Å². The molecule has 156 valence electrons. The van der Waals surface area contributed by atoms with E-state index in [2.05, 4.69) is 83.8 Å². The minimum absolute atomic E-state index is 0. The second-order valence-corrected chi connectivity index (χ2v) is 15.6. The van der Waals surface area contributed by atoms with E-state index in [1.807, 2.05) is 0 Å². The summed E-state index contributed by atoms with van der Waals surface area (Å²) < 4.78 is 2.61. The maximum absolute atomic E-state index is 4.89. The Bertz CT molecular complexity index is 693. The molecule has 4 unspecified atom stereocenters. The fraction of sp³-hybridized carbons (Fsp3) is 0.500. The van der Waals surface area contributed by atoms with Gasteiger partial charge >= 0.3 is 35.6 Å². The summed E-state index contributed by atoms with van der Waals surface area (Å²) in [5.74, 6) is 2.09. The Morgan fingerprint density at radius 1 is 1.10 bits per heavy atom. The van der Waals surface area contributed by atoms with Gasteiger partial charge in [-0.25, -0.2) is 0 Å². The molecule has 0 amide bonds. The molecule has 7 heteroatoms. The first-order chi connectivity index (χ1) is 13.5. The van der Waals surface area contributed by atoms with Crippen LogP contribution in [0.4, 0.5) is 0 Å². The number of fused-ring (bicyclic) bond motifs is 1. The number of benzene rings is 1. The van der Waals surface area contributed by atoms with E-state index in [4.69, 9.17) is 18.6 Å². The molecule has 3 aliphatic rings. The molecule has 1 aromatic rings. The van der Waals surface area contributed by atoms with Gasteiger partial charge in [0.1, 0.15) is 8.24 Å². The quantitative estimate of drug-likeness (QED) is 0.328. The topological polar surface area (TPSA) is 31.4 Å². The van der Waals surface area contributed by atoms with Crippen molar-refractivity contribution < 1.29 is 17.0 Å². The predicted molar refractivity (Wildman–Crippen MR) is 127 cm³/mol. The first-order valence-corrected chi connectivity index (χ1v) is 17.2. The third-order valence-electron chi connectivity index (χ3n) is 6.61. The molecular formula is C22H32Cl2N3SiTi+. The summed E-state index contributed by atoms with van der Waals surface area (Å²) in [4.78, 5) is 0. The van der Waals surface area contributed by atoms with Crippen LogP contribution < -0.4 is 0 Å². The summed E-state index contributed by atoms with van der Waals surface area (Å²) in [7, 11) is 8.17. The Kier molecular flexibility index (Phi) is 10.2. The average Bonchev–Trinajstić information content (AvgIpc) is 3.06. The zero-order valence-electron chi connectivity index (χ0n) is 17.9. The summed E-state index contributed by atoms with van der Waals surface area (Å²) in [6.45, 7) is 10.0. The molecular weight excluding hydrogens is 453 g/mol. The Morgan fingerprint density at radius 2 is 1.72 bits per heavy atom. The molecule has 0 bridgehead atoms. The van der Waals surface area contributed by atoms with Gasteiger partial charge in [-0.3, -0.25) is 6.67 Å². The van der Waals surface area contributed by atoms with Crippen molar-refractivity contribution in [2.24, 2.45) is 17.8 Å². The van der Waals surface area contributed by atoms with Gasteiger partial charge in [-0.2, -0.15) is 0 Å². The monoisotopic (exact) mass is 484 g/mol. The second-order valence-electron chi connectivity index (χ2n) is 8.43. The standard InChI is InChI=1S/C21H29N3Si.CH3.2ClH.Ti/c1-16-12-20-18(17-8-5-4-6-9-17)10-7-11-19(20)21(16)25(2,3)24-14-22-13-23-15-24;;;;/h4-11,16,19-21H,12-15H2,1-3H3;1H3;2*1H;/q-2;-1;;;+6/p-2. The van der Waals surface area contributed by atoms with Crippen LogP contribution in [0.1, 0.15) is 18.9 Å². The van der Waals surface area contributed by atoms with Crippen LogP contribution in [0.3, 0.4) is 0 Å². The van der Waals surface area contributed by atoms with Crippen LogP contribution in [-0.4, -0.2) is 32.8 Å². The van der Waals surface area contributed by atoms with Crippen LogP contribution in [-0.2, 0) is 17.0 Å². The van der Waals surface area contributed by atoms with Crippen molar-refractivity contribution in [3.05, 3.63) is 72.2 Å². The van der Waals surface area contributed by atoms with Gasteiger partial charge in [0.15, 0.2) is 0 Å². The first kappa shape index (κ1) is 25.4. The van der Waals surface area contributed by atoms with Crippen LogP contribution in [0.2, 0.25) is 18.6 Å². The van der Waals surface area contributed by atoms with E-state index >= 15 is 0 Å². The first-order valence-electron chi connectivity index (χ1n) is 9.92. The molecule has 29 heavy (non-hydrogen) atoms. The van der Waals surface area contributed by atoms with Crippen LogP contribution in [0.15, 0.2) is 48.6 Å². The fourth-order valence-corrected chi connectivity index (χ4v) is 9.63. The maximum atomic E-state index is 4.89. The molecule has 1 aliphatic heterocycles. The molecule has 0 N–H and O–H groups in total. The number of halogens is 2. The van der Waals surface area contributed by atoms with Gasteiger partial charge in [-0.1, -0.05) is 68.6 Å². The summed E-state index contributed by atoms with van der Waals surface area (Å²) in [5, 5.41) is 9.10. The molecule has 0 radical (unpaired) electrons. The van der Waals surface area contributed by atoms with Crippen molar-refractivity contribution >= 4 is 32.4 Å². The van der Waals surface area contributed by atoms with Crippen molar-refractivity contribution in [1.29, 1.82) is 0 Å². The molecule has 2 fully saturated rings. The molecule has 4 atom stereocenters. The normalized spacial score (nSPS) is 29.3. The minimum atomic E-state index is -1.60. The molecule has 4 rings (SSSR count). The summed E-state index contributed by atoms with van der Waals surface area (Å²) in [6.07, 6.45) is 8.47. The summed E-state index contributed by atoms with van der Waals surface area (Å²) >= 11 is -0.556. The number of nitrogens with zero attached hydrogens (tertiary/aromatic N) is 3. The van der Waals surface area contributed by atoms with Crippen molar-refractivity contribution in [2.75, 3.05) is 20.0 Å². The number of hydrogen-bond donors (Lipinski definition) is 0. The average molecular weight is 485 g/mol. The third kappa shape index (κ3) is 5.67. The summed E-state index contributed by atoms with van der Waals surface area (Å²) in [5.41, 5.74) is 3.71. The second kappa shape index (κ2) is 11.6. The zero-order chi connectivity index (χ0) is 20.1. The molecule has 0 spiro atoms. The Labute approximate surface area is 195 Å². The van der Waals surface area contributed by atoms with Crippen LogP contribution in [0.25, 0.3) is 16.2 Å². The fourth-order valence-electron chi connectivity index (χ4n) is 5.46. The SMILES string of the molecule is CC1CC2C(c3ccccc3)=CC=CC2C1[Si](C)(C)N1C[N-]C[N-]C1.[CH3-].[Cl][Ti+4][Cl]. The van der Waals surface area contributed by atoms with Gasteiger partial charge in [0, 0.05) is 0 Å². The predicted octanol–water partition coefficient (Wildman–Crippen LogP) is 7.25. The number of allylic oxidation sites excluding steroid dienone is 4. The van der Waals surface area contributed by atoms with Gasteiger partial charge in [0.05, 0.1) is 0 Å². The molecule has 3 nitrogen and oxygen atoms in total. The summed E-state index contributed by atoms with van der Waals surface area (Å²) in [6, 6.07) is 11.0. The van der Waals surface area contributed by atoms with Gasteiger partial charge in [-0.15, -0.1) is 13.3 Å². The molecule has 2 aliphatic carbocycles. The van der Waals surface area contributed by atoms with Crippen LogP contribution >= 0.6 is 18.6 Å². The molecule has 1 saturated heterocycles. The van der Waals surface area contributed by atoms with Crippen LogP contribution in [0.5, 0.6) is 0 Å². The molecule has 1 aromatic carbocycles. The van der Waals surface area contributed by atoms with Crippen molar-refractivity contribution in [3.8, 4) is 0 Å². The number of rotatable bonds is 3. The molecule has 1 saturated carbocycles. The van der Waals surface area contributed by atoms with Gasteiger partial charge in [0.2, 0.25) is 0 Å². The van der Waals surface area contributed by atoms with E-state index in [1.54, 1.807) is 5.57 Å². The molecule has 1 heterocycles. The Balaban J connectivity index is 0.000000708. The van der Waals surface area contributed by atoms with E-state index in [1.165, 1.54) is 12.0 Å². The van der Waals surface area contributed by atoms with Crippen molar-refractivity contribution in [2.45, 2.75) is 32.0 Å². The van der Waals surface area contributed by atoms with E-state index in [9.17, 15) is 0 Å². The van der Waals surface area contributed by atoms with E-state index in [0.29, 0.717) is 18.5 Å². The van der Waals surface area contributed by atoms with Crippen molar-refractivity contribution in [1.82, 2.24) is 4.57 Å². The third-order valence-corrected chi connectivity index (χ3v) is 11.1. The van der Waals surface area contributed by atoms with Gasteiger partial charge < -0.3 is 22.6 Å². The number of hydrogen-bond acceptors (Lipinski definition) is 1. The Hall–Kier alpha value is 0.0912. The van der Waals surface area contributed by atoms with Crippen LogP contribution in [0, 0.1) is 25.2 Å². The van der Waals surface area contributed by atoms with Gasteiger partial charge in [0.25, 0.3) is 0 Å².